The number of aromatic nitrogens is 2. The zero-order valence-electron chi connectivity index (χ0n) is 8.90. The number of methoxy groups -OCH3 is 1. The Morgan fingerprint density at radius 3 is 2.56 bits per heavy atom. The summed E-state index contributed by atoms with van der Waals surface area (Å²) < 4.78 is 28.9. The third kappa shape index (κ3) is 2.88. The van der Waals surface area contributed by atoms with Gasteiger partial charge < -0.3 is 4.74 Å². The topological polar surface area (TPSA) is 61.2 Å². The van der Waals surface area contributed by atoms with Crippen LogP contribution in [0.2, 0.25) is 5.15 Å². The number of aryl methyl sites for hydroxylation is 1. The molecule has 0 spiro atoms. The van der Waals surface area contributed by atoms with Gasteiger partial charge >= 0.3 is 0 Å². The Labute approximate surface area is 104 Å². The molecule has 1 aromatic rings. The van der Waals surface area contributed by atoms with Gasteiger partial charge in [-0.15, -0.1) is 0 Å². The molecule has 0 aliphatic rings. The van der Waals surface area contributed by atoms with Crippen LogP contribution in [0.4, 0.5) is 0 Å². The smallest absolute Gasteiger partial charge is 0.266 e. The molecule has 0 aromatic carbocycles. The first-order valence-corrected chi connectivity index (χ1v) is 7.29. The molecule has 0 saturated heterocycles. The van der Waals surface area contributed by atoms with Gasteiger partial charge in [0.05, 0.1) is 6.61 Å². The van der Waals surface area contributed by atoms with Gasteiger partial charge in [-0.25, -0.2) is 8.42 Å². The number of halogens is 2. The van der Waals surface area contributed by atoms with Crippen molar-refractivity contribution in [2.45, 2.75) is 31.4 Å². The Morgan fingerprint density at radius 2 is 2.12 bits per heavy atom. The molecule has 8 heteroatoms. The molecular weight excluding hydrogens is 275 g/mol. The minimum Gasteiger partial charge on any atom is -0.378 e. The maximum atomic E-state index is 11.3. The van der Waals surface area contributed by atoms with E-state index in [-0.39, 0.29) is 22.3 Å². The fraction of sp³-hybridized carbons (Fsp3) is 0.625. The molecule has 0 aliphatic carbocycles. The van der Waals surface area contributed by atoms with Gasteiger partial charge in [-0.2, -0.15) is 5.10 Å². The van der Waals surface area contributed by atoms with E-state index in [1.165, 1.54) is 11.8 Å². The number of rotatable bonds is 5. The summed E-state index contributed by atoms with van der Waals surface area (Å²) in [5, 5.41) is 4.08. The van der Waals surface area contributed by atoms with Crippen molar-refractivity contribution in [3.63, 3.8) is 0 Å². The van der Waals surface area contributed by atoms with Crippen molar-refractivity contribution in [2.75, 3.05) is 7.11 Å². The van der Waals surface area contributed by atoms with Crippen molar-refractivity contribution in [1.29, 1.82) is 0 Å². The lowest BCUT2D eigenvalue weighted by atomic mass is 10.4. The Bertz CT molecular complexity index is 470. The van der Waals surface area contributed by atoms with Crippen LogP contribution in [0.3, 0.4) is 0 Å². The van der Waals surface area contributed by atoms with E-state index in [1.54, 1.807) is 0 Å². The highest BCUT2D eigenvalue weighted by Crippen LogP contribution is 2.28. The lowest BCUT2D eigenvalue weighted by Gasteiger charge is -1.98. The van der Waals surface area contributed by atoms with Crippen molar-refractivity contribution < 1.29 is 13.2 Å². The predicted molar refractivity (Wildman–Crippen MR) is 61.3 cm³/mol. The van der Waals surface area contributed by atoms with Gasteiger partial charge in [0.25, 0.3) is 9.05 Å². The van der Waals surface area contributed by atoms with Gasteiger partial charge in [0, 0.05) is 24.3 Å². The molecule has 0 aliphatic heterocycles. The molecule has 0 saturated carbocycles. The zero-order valence-corrected chi connectivity index (χ0v) is 11.2. The van der Waals surface area contributed by atoms with Crippen LogP contribution in [0.15, 0.2) is 4.90 Å². The van der Waals surface area contributed by atoms with E-state index in [9.17, 15) is 8.42 Å². The third-order valence-corrected chi connectivity index (χ3v) is 3.75. The molecule has 0 radical (unpaired) electrons. The monoisotopic (exact) mass is 286 g/mol. The lowest BCUT2D eigenvalue weighted by molar-refractivity contribution is 0.178. The number of hydrogen-bond donors (Lipinski definition) is 0. The quantitative estimate of drug-likeness (QED) is 0.777. The largest absolute Gasteiger partial charge is 0.378 e. The number of hydrogen-bond acceptors (Lipinski definition) is 4. The summed E-state index contributed by atoms with van der Waals surface area (Å²) in [7, 11) is 2.83. The van der Waals surface area contributed by atoms with Crippen LogP contribution < -0.4 is 0 Å². The second kappa shape index (κ2) is 5.35. The maximum absolute atomic E-state index is 11.3. The van der Waals surface area contributed by atoms with Crippen molar-refractivity contribution >= 4 is 31.3 Å². The van der Waals surface area contributed by atoms with Crippen molar-refractivity contribution in [3.8, 4) is 0 Å². The molecule has 0 atom stereocenters. The average molecular weight is 287 g/mol. The highest BCUT2D eigenvalue weighted by atomic mass is 35.7. The van der Waals surface area contributed by atoms with E-state index in [0.29, 0.717) is 6.54 Å². The first-order chi connectivity index (χ1) is 7.41. The van der Waals surface area contributed by atoms with Crippen molar-refractivity contribution in [3.05, 3.63) is 10.8 Å². The SMILES string of the molecule is CCCn1nc(COC)c(S(=O)(=O)Cl)c1Cl. The summed E-state index contributed by atoms with van der Waals surface area (Å²) in [5.74, 6) is 0. The molecule has 16 heavy (non-hydrogen) atoms. The Kier molecular flexibility index (Phi) is 4.61. The third-order valence-electron chi connectivity index (χ3n) is 1.88. The molecule has 0 amide bonds. The van der Waals surface area contributed by atoms with E-state index in [0.717, 1.165) is 6.42 Å². The second-order valence-electron chi connectivity index (χ2n) is 3.16. The van der Waals surface area contributed by atoms with E-state index < -0.39 is 9.05 Å². The minimum atomic E-state index is -3.91. The maximum Gasteiger partial charge on any atom is 0.266 e. The Hall–Kier alpha value is -0.300. The van der Waals surface area contributed by atoms with E-state index in [1.807, 2.05) is 6.92 Å². The fourth-order valence-electron chi connectivity index (χ4n) is 1.30. The normalized spacial score (nSPS) is 12.0. The van der Waals surface area contributed by atoms with Gasteiger partial charge in [-0.05, 0) is 6.42 Å². The van der Waals surface area contributed by atoms with Crippen LogP contribution in [0.25, 0.3) is 0 Å². The molecule has 0 N–H and O–H groups in total. The molecule has 1 heterocycles. The van der Waals surface area contributed by atoms with Gasteiger partial charge in [0.2, 0.25) is 0 Å². The van der Waals surface area contributed by atoms with Gasteiger partial charge in [-0.3, -0.25) is 4.68 Å². The first-order valence-electron chi connectivity index (χ1n) is 4.60. The second-order valence-corrected chi connectivity index (χ2v) is 6.02. The van der Waals surface area contributed by atoms with E-state index in [4.69, 9.17) is 27.0 Å². The van der Waals surface area contributed by atoms with Crippen LogP contribution in [0, 0.1) is 0 Å². The van der Waals surface area contributed by atoms with Crippen LogP contribution in [0.1, 0.15) is 19.0 Å². The summed E-state index contributed by atoms with van der Waals surface area (Å²) in [6.45, 7) is 2.52. The van der Waals surface area contributed by atoms with Crippen molar-refractivity contribution in [1.82, 2.24) is 9.78 Å². The summed E-state index contributed by atoms with van der Waals surface area (Å²) >= 11 is 5.91. The molecule has 92 valence electrons. The van der Waals surface area contributed by atoms with Crippen LogP contribution in [0.5, 0.6) is 0 Å². The van der Waals surface area contributed by atoms with E-state index >= 15 is 0 Å². The zero-order chi connectivity index (χ0) is 12.3. The molecule has 1 rings (SSSR count). The number of ether oxygens (including phenoxy) is 1. The first kappa shape index (κ1) is 13.8. The van der Waals surface area contributed by atoms with Crippen molar-refractivity contribution in [2.24, 2.45) is 0 Å². The van der Waals surface area contributed by atoms with Crippen LogP contribution in [-0.2, 0) is 26.9 Å². The molecule has 0 fully saturated rings. The van der Waals surface area contributed by atoms with Crippen LogP contribution >= 0.6 is 22.3 Å². The van der Waals surface area contributed by atoms with Gasteiger partial charge in [0.15, 0.2) is 0 Å². The fourth-order valence-corrected chi connectivity index (χ4v) is 3.13. The summed E-state index contributed by atoms with van der Waals surface area (Å²) in [5.41, 5.74) is 0.232. The highest BCUT2D eigenvalue weighted by molar-refractivity contribution is 8.13. The Morgan fingerprint density at radius 1 is 1.50 bits per heavy atom. The molecule has 5 nitrogen and oxygen atoms in total. The van der Waals surface area contributed by atoms with Gasteiger partial charge in [0.1, 0.15) is 15.7 Å². The lowest BCUT2D eigenvalue weighted by Crippen LogP contribution is -2.00. The standard InChI is InChI=1S/C8H12Cl2N2O3S/c1-3-4-12-8(9)7(16(10,13)14)6(11-12)5-15-2/h3-5H2,1-2H3. The highest BCUT2D eigenvalue weighted by Gasteiger charge is 2.25. The molecule has 1 aromatic heterocycles. The minimum absolute atomic E-state index is 0.0314. The summed E-state index contributed by atoms with van der Waals surface area (Å²) in [4.78, 5) is -0.161. The summed E-state index contributed by atoms with van der Waals surface area (Å²) in [6, 6.07) is 0. The summed E-state index contributed by atoms with van der Waals surface area (Å²) in [6.07, 6.45) is 0.787. The average Bonchev–Trinajstić information content (AvgIpc) is 2.43. The molecular formula is C8H12Cl2N2O3S. The molecule has 0 bridgehead atoms. The van der Waals surface area contributed by atoms with E-state index in [2.05, 4.69) is 5.10 Å². The Balaban J connectivity index is 3.32. The van der Waals surface area contributed by atoms with Crippen LogP contribution in [-0.4, -0.2) is 25.3 Å². The molecule has 0 unspecified atom stereocenters. The van der Waals surface area contributed by atoms with Gasteiger partial charge in [-0.1, -0.05) is 18.5 Å². The number of nitrogens with zero attached hydrogens (tertiary/aromatic N) is 2. The predicted octanol–water partition coefficient (Wildman–Crippen LogP) is 2.02.